The van der Waals surface area contributed by atoms with Crippen molar-refractivity contribution >= 4 is 23.9 Å². The Bertz CT molecular complexity index is 1570. The van der Waals surface area contributed by atoms with Crippen molar-refractivity contribution in [2.75, 3.05) is 26.2 Å². The number of carbonyl (C=O) groups excluding carboxylic acids is 4. The summed E-state index contributed by atoms with van der Waals surface area (Å²) in [6, 6.07) is 24.4. The second-order valence-corrected chi connectivity index (χ2v) is 12.4. The highest BCUT2D eigenvalue weighted by Crippen LogP contribution is 2.44. The fraction of sp³-hybridized carbons (Fsp3) is 0.368. The number of amides is 3. The summed E-state index contributed by atoms with van der Waals surface area (Å²) in [6.45, 7) is 1.61. The number of allylic oxidation sites excluding steroid dienone is 2. The van der Waals surface area contributed by atoms with Crippen molar-refractivity contribution in [1.29, 1.82) is 0 Å². The van der Waals surface area contributed by atoms with E-state index in [2.05, 4.69) is 34.9 Å². The zero-order valence-corrected chi connectivity index (χ0v) is 26.4. The monoisotopic (exact) mass is 635 g/mol. The second kappa shape index (κ2) is 15.1. The maximum absolute atomic E-state index is 13.6. The van der Waals surface area contributed by atoms with Crippen LogP contribution >= 0.6 is 0 Å². The molecule has 0 bridgehead atoms. The number of carbonyl (C=O) groups is 4. The smallest absolute Gasteiger partial charge is 0.407 e. The number of fused-ring (bicyclic) bond motifs is 3. The van der Waals surface area contributed by atoms with Gasteiger partial charge in [0.25, 0.3) is 0 Å². The van der Waals surface area contributed by atoms with Gasteiger partial charge in [0.1, 0.15) is 18.8 Å². The van der Waals surface area contributed by atoms with E-state index in [0.29, 0.717) is 18.4 Å². The van der Waals surface area contributed by atoms with Gasteiger partial charge in [-0.05, 0) is 59.9 Å². The molecule has 0 radical (unpaired) electrons. The molecule has 1 saturated heterocycles. The third-order valence-electron chi connectivity index (χ3n) is 9.27. The zero-order chi connectivity index (χ0) is 32.6. The van der Waals surface area contributed by atoms with Gasteiger partial charge in [-0.25, -0.2) is 9.59 Å². The molecule has 2 aliphatic heterocycles. The fourth-order valence-corrected chi connectivity index (χ4v) is 6.72. The number of hydrogen-bond acceptors (Lipinski definition) is 6. The van der Waals surface area contributed by atoms with Crippen LogP contribution < -0.4 is 10.6 Å². The first-order valence-corrected chi connectivity index (χ1v) is 16.6. The SMILES string of the molecule is O=C(N[C@H]1CC/C=C\C[C@H](CC(=O)N2CCCC2)C(=O)NC[C@H](c2ccccc2)OC1=O)OCC1c2ccccc2-c2ccccc21. The van der Waals surface area contributed by atoms with E-state index >= 15 is 0 Å². The largest absolute Gasteiger partial charge is 0.454 e. The van der Waals surface area contributed by atoms with Crippen molar-refractivity contribution in [3.05, 3.63) is 108 Å². The normalized spacial score (nSPS) is 22.4. The summed E-state index contributed by atoms with van der Waals surface area (Å²) >= 11 is 0. The van der Waals surface area contributed by atoms with Gasteiger partial charge in [0.05, 0.1) is 12.5 Å². The average molecular weight is 636 g/mol. The van der Waals surface area contributed by atoms with E-state index in [-0.39, 0.29) is 43.7 Å². The molecule has 1 fully saturated rings. The van der Waals surface area contributed by atoms with Crippen LogP contribution in [0.5, 0.6) is 0 Å². The predicted molar refractivity (Wildman–Crippen MR) is 177 cm³/mol. The number of nitrogens with zero attached hydrogens (tertiary/aromatic N) is 1. The zero-order valence-electron chi connectivity index (χ0n) is 26.4. The number of esters is 1. The molecule has 2 N–H and O–H groups in total. The topological polar surface area (TPSA) is 114 Å². The van der Waals surface area contributed by atoms with Gasteiger partial charge in [-0.1, -0.05) is 91.0 Å². The molecule has 244 valence electrons. The minimum Gasteiger partial charge on any atom is -0.454 e. The second-order valence-electron chi connectivity index (χ2n) is 12.4. The number of rotatable bonds is 6. The number of likely N-dealkylation sites (tertiary alicyclic amines) is 1. The van der Waals surface area contributed by atoms with Crippen LogP contribution in [0.15, 0.2) is 91.0 Å². The minimum absolute atomic E-state index is 0.0150. The predicted octanol–water partition coefficient (Wildman–Crippen LogP) is 5.66. The molecule has 0 aromatic heterocycles. The molecule has 6 rings (SSSR count). The van der Waals surface area contributed by atoms with Gasteiger partial charge in [0.15, 0.2) is 0 Å². The molecule has 1 aliphatic carbocycles. The van der Waals surface area contributed by atoms with Gasteiger partial charge >= 0.3 is 12.1 Å². The summed E-state index contributed by atoms with van der Waals surface area (Å²) in [5.74, 6) is -1.54. The molecule has 0 saturated carbocycles. The van der Waals surface area contributed by atoms with Gasteiger partial charge < -0.3 is 25.0 Å². The van der Waals surface area contributed by atoms with Crippen molar-refractivity contribution in [3.8, 4) is 11.1 Å². The van der Waals surface area contributed by atoms with Crippen LogP contribution in [0.1, 0.15) is 67.2 Å². The lowest BCUT2D eigenvalue weighted by Gasteiger charge is -2.24. The van der Waals surface area contributed by atoms with Crippen molar-refractivity contribution in [3.63, 3.8) is 0 Å². The highest BCUT2D eigenvalue weighted by atomic mass is 16.6. The van der Waals surface area contributed by atoms with Gasteiger partial charge in [-0.2, -0.15) is 0 Å². The first-order chi connectivity index (χ1) is 23.0. The summed E-state index contributed by atoms with van der Waals surface area (Å²) in [7, 11) is 0. The lowest BCUT2D eigenvalue weighted by Crippen LogP contribution is -2.44. The van der Waals surface area contributed by atoms with Crippen LogP contribution in [0.4, 0.5) is 4.79 Å². The number of ether oxygens (including phenoxy) is 2. The molecule has 3 amide bonds. The highest BCUT2D eigenvalue weighted by molar-refractivity contribution is 5.86. The number of cyclic esters (lactones) is 1. The molecule has 3 atom stereocenters. The van der Waals surface area contributed by atoms with Crippen molar-refractivity contribution in [2.45, 2.75) is 56.6 Å². The van der Waals surface area contributed by atoms with Crippen LogP contribution in [0.25, 0.3) is 11.1 Å². The van der Waals surface area contributed by atoms with Crippen LogP contribution in [-0.4, -0.2) is 61.1 Å². The number of alkyl carbamates (subject to hydrolysis) is 1. The molecular weight excluding hydrogens is 594 g/mol. The van der Waals surface area contributed by atoms with E-state index in [1.54, 1.807) is 0 Å². The van der Waals surface area contributed by atoms with E-state index in [0.717, 1.165) is 48.2 Å². The molecule has 3 aromatic rings. The Morgan fingerprint density at radius 2 is 1.53 bits per heavy atom. The quantitative estimate of drug-likeness (QED) is 0.267. The Morgan fingerprint density at radius 3 is 2.23 bits per heavy atom. The van der Waals surface area contributed by atoms with E-state index in [1.165, 1.54) is 0 Å². The number of hydrogen-bond donors (Lipinski definition) is 2. The molecule has 9 heteroatoms. The van der Waals surface area contributed by atoms with Crippen LogP contribution in [0.3, 0.4) is 0 Å². The Morgan fingerprint density at radius 1 is 0.872 bits per heavy atom. The summed E-state index contributed by atoms with van der Waals surface area (Å²) in [5.41, 5.74) is 5.16. The summed E-state index contributed by atoms with van der Waals surface area (Å²) < 4.78 is 11.7. The van der Waals surface area contributed by atoms with E-state index in [1.807, 2.05) is 71.6 Å². The highest BCUT2D eigenvalue weighted by Gasteiger charge is 2.32. The van der Waals surface area contributed by atoms with Crippen molar-refractivity contribution in [2.24, 2.45) is 5.92 Å². The van der Waals surface area contributed by atoms with Crippen LogP contribution in [0.2, 0.25) is 0 Å². The van der Waals surface area contributed by atoms with Gasteiger partial charge in [-0.3, -0.25) is 9.59 Å². The minimum atomic E-state index is -0.967. The molecule has 0 unspecified atom stereocenters. The first kappa shape index (κ1) is 32.0. The molecule has 0 spiro atoms. The van der Waals surface area contributed by atoms with Crippen molar-refractivity contribution in [1.82, 2.24) is 15.5 Å². The molecule has 47 heavy (non-hydrogen) atoms. The van der Waals surface area contributed by atoms with Gasteiger partial charge in [0, 0.05) is 25.4 Å². The average Bonchev–Trinajstić information content (AvgIpc) is 3.75. The van der Waals surface area contributed by atoms with Crippen LogP contribution in [0, 0.1) is 5.92 Å². The van der Waals surface area contributed by atoms with E-state index in [9.17, 15) is 19.2 Å². The summed E-state index contributed by atoms with van der Waals surface area (Å²) in [4.78, 5) is 54.8. The standard InChI is InChI=1S/C38H41N3O6/c42-35(41-21-11-12-22-41)23-27-15-5-2-6-20-33(37(44)47-34(24-39-36(27)43)26-13-3-1-4-14-26)40-38(45)46-25-32-30-18-9-7-16-28(30)29-17-8-10-19-31(29)32/h1-5,7-10,13-14,16-19,27,32-34H,6,11-12,15,20-25H2,(H,39,43)(H,40,45)/b5-2-/t27-,33+,34-/m1/s1. The van der Waals surface area contributed by atoms with Gasteiger partial charge in [-0.15, -0.1) is 0 Å². The Balaban J connectivity index is 1.14. The van der Waals surface area contributed by atoms with Crippen molar-refractivity contribution < 1.29 is 28.7 Å². The van der Waals surface area contributed by atoms with Gasteiger partial charge in [0.2, 0.25) is 11.8 Å². The molecule has 3 aromatic carbocycles. The Kier molecular flexibility index (Phi) is 10.3. The lowest BCUT2D eigenvalue weighted by atomic mass is 9.98. The van der Waals surface area contributed by atoms with E-state index in [4.69, 9.17) is 9.47 Å². The maximum Gasteiger partial charge on any atom is 0.407 e. The lowest BCUT2D eigenvalue weighted by molar-refractivity contribution is -0.152. The number of nitrogens with one attached hydrogen (secondary N) is 2. The summed E-state index contributed by atoms with van der Waals surface area (Å²) in [6.07, 6.45) is 5.48. The molecule has 3 aliphatic rings. The number of benzene rings is 3. The summed E-state index contributed by atoms with van der Waals surface area (Å²) in [5, 5.41) is 5.67. The third-order valence-corrected chi connectivity index (χ3v) is 9.27. The first-order valence-electron chi connectivity index (χ1n) is 16.6. The van der Waals surface area contributed by atoms with E-state index < -0.39 is 30.1 Å². The molecule has 9 nitrogen and oxygen atoms in total. The Hall–Kier alpha value is -4.92. The maximum atomic E-state index is 13.6. The van der Waals surface area contributed by atoms with Crippen LogP contribution in [-0.2, 0) is 23.9 Å². The fourth-order valence-electron chi connectivity index (χ4n) is 6.72. The molecule has 2 heterocycles. The Labute approximate surface area is 275 Å². The molecular formula is C38H41N3O6. The third kappa shape index (κ3) is 7.73.